The Morgan fingerprint density at radius 3 is 2.47 bits per heavy atom. The van der Waals surface area contributed by atoms with E-state index in [9.17, 15) is 9.18 Å². The maximum Gasteiger partial charge on any atom is 0.330 e. The zero-order valence-electron chi connectivity index (χ0n) is 21.0. The summed E-state index contributed by atoms with van der Waals surface area (Å²) in [5.74, 6) is 0.596. The lowest BCUT2D eigenvalue weighted by Crippen LogP contribution is -2.50. The van der Waals surface area contributed by atoms with Gasteiger partial charge in [0.25, 0.3) is 0 Å². The molecule has 0 saturated heterocycles. The number of methoxy groups -OCH3 is 2. The van der Waals surface area contributed by atoms with Gasteiger partial charge >= 0.3 is 6.03 Å². The number of hydrogen-bond acceptors (Lipinski definition) is 4. The highest BCUT2D eigenvalue weighted by atomic mass is 35.5. The minimum Gasteiger partial charge on any atom is -0.493 e. The van der Waals surface area contributed by atoms with Crippen LogP contribution in [0.15, 0.2) is 60.7 Å². The van der Waals surface area contributed by atoms with Crippen molar-refractivity contribution in [3.8, 4) is 11.5 Å². The molecule has 8 heteroatoms. The number of ether oxygens (including phenoxy) is 2. The van der Waals surface area contributed by atoms with Crippen LogP contribution in [0.3, 0.4) is 0 Å². The number of fused-ring (bicyclic) bond motifs is 1. The van der Waals surface area contributed by atoms with Crippen molar-refractivity contribution >= 4 is 34.7 Å². The SMILES string of the molecule is CCCCN(C(=O)N1c2ccccc2N(Cc2cccc(F)c2)C1C)c1ccc(OC)c(OC)c1Cl. The number of urea groups is 1. The van der Waals surface area contributed by atoms with E-state index in [0.717, 1.165) is 29.8 Å². The Bertz CT molecular complexity index is 1240. The normalized spacial score (nSPS) is 14.6. The fraction of sp³-hybridized carbons (Fsp3) is 0.321. The predicted octanol–water partition coefficient (Wildman–Crippen LogP) is 7.10. The molecule has 36 heavy (non-hydrogen) atoms. The van der Waals surface area contributed by atoms with Crippen LogP contribution in [-0.4, -0.2) is 33.0 Å². The highest BCUT2D eigenvalue weighted by molar-refractivity contribution is 6.35. The second-order valence-electron chi connectivity index (χ2n) is 8.67. The summed E-state index contributed by atoms with van der Waals surface area (Å²) in [6.07, 6.45) is 1.40. The van der Waals surface area contributed by atoms with Crippen LogP contribution in [0.4, 0.5) is 26.2 Å². The summed E-state index contributed by atoms with van der Waals surface area (Å²) >= 11 is 6.74. The van der Waals surface area contributed by atoms with E-state index < -0.39 is 0 Å². The number of halogens is 2. The Hall–Kier alpha value is -3.45. The first-order chi connectivity index (χ1) is 17.4. The van der Waals surface area contributed by atoms with Gasteiger partial charge in [-0.3, -0.25) is 9.80 Å². The molecule has 0 saturated carbocycles. The maximum absolute atomic E-state index is 14.2. The molecule has 0 N–H and O–H groups in total. The number of carbonyl (C=O) groups excluding carboxylic acids is 1. The van der Waals surface area contributed by atoms with Crippen LogP contribution < -0.4 is 24.2 Å². The summed E-state index contributed by atoms with van der Waals surface area (Å²) in [6, 6.07) is 17.7. The first-order valence-electron chi connectivity index (χ1n) is 12.0. The van der Waals surface area contributed by atoms with E-state index in [4.69, 9.17) is 21.1 Å². The molecular weight excluding hydrogens is 481 g/mol. The number of benzene rings is 3. The molecule has 1 heterocycles. The lowest BCUT2D eigenvalue weighted by molar-refractivity contribution is 0.249. The zero-order valence-corrected chi connectivity index (χ0v) is 21.8. The summed E-state index contributed by atoms with van der Waals surface area (Å²) in [4.78, 5) is 19.8. The van der Waals surface area contributed by atoms with E-state index in [0.29, 0.717) is 35.3 Å². The van der Waals surface area contributed by atoms with Gasteiger partial charge in [-0.05, 0) is 55.3 Å². The Morgan fingerprint density at radius 1 is 1.06 bits per heavy atom. The number of hydrogen-bond donors (Lipinski definition) is 0. The lowest BCUT2D eigenvalue weighted by Gasteiger charge is -2.34. The molecule has 2 amide bonds. The van der Waals surface area contributed by atoms with Crippen molar-refractivity contribution in [3.05, 3.63) is 77.1 Å². The van der Waals surface area contributed by atoms with Crippen molar-refractivity contribution in [2.75, 3.05) is 35.5 Å². The third-order valence-corrected chi connectivity index (χ3v) is 6.81. The molecule has 1 aliphatic heterocycles. The van der Waals surface area contributed by atoms with Gasteiger partial charge in [0, 0.05) is 13.1 Å². The highest BCUT2D eigenvalue weighted by Gasteiger charge is 2.39. The van der Waals surface area contributed by atoms with Gasteiger partial charge < -0.3 is 14.4 Å². The average molecular weight is 512 g/mol. The molecule has 1 unspecified atom stereocenters. The standard InChI is InChI=1S/C28H31ClFN3O3/c1-5-6-16-31(24-14-15-25(35-3)27(36-4)26(24)29)28(34)33-19(2)32(22-12-7-8-13-23(22)33)18-20-10-9-11-21(30)17-20/h7-15,17,19H,5-6,16,18H2,1-4H3. The Kier molecular flexibility index (Phi) is 7.89. The van der Waals surface area contributed by atoms with Crippen molar-refractivity contribution in [1.29, 1.82) is 0 Å². The van der Waals surface area contributed by atoms with Gasteiger partial charge in [-0.2, -0.15) is 0 Å². The monoisotopic (exact) mass is 511 g/mol. The molecule has 0 aliphatic carbocycles. The summed E-state index contributed by atoms with van der Waals surface area (Å²) in [7, 11) is 3.07. The number of nitrogens with zero attached hydrogens (tertiary/aromatic N) is 3. The van der Waals surface area contributed by atoms with E-state index in [1.54, 1.807) is 35.1 Å². The summed E-state index contributed by atoms with van der Waals surface area (Å²) in [5, 5.41) is 0.318. The maximum atomic E-state index is 14.2. The van der Waals surface area contributed by atoms with Crippen molar-refractivity contribution < 1.29 is 18.7 Å². The number of para-hydroxylation sites is 2. The summed E-state index contributed by atoms with van der Waals surface area (Å²) in [5.41, 5.74) is 3.10. The van der Waals surface area contributed by atoms with Crippen LogP contribution >= 0.6 is 11.6 Å². The molecule has 3 aromatic rings. The van der Waals surface area contributed by atoms with E-state index in [1.165, 1.54) is 19.2 Å². The van der Waals surface area contributed by atoms with E-state index in [-0.39, 0.29) is 18.0 Å². The molecule has 0 spiro atoms. The number of rotatable bonds is 8. The summed E-state index contributed by atoms with van der Waals surface area (Å²) in [6.45, 7) is 5.00. The van der Waals surface area contributed by atoms with Crippen LogP contribution in [0.5, 0.6) is 11.5 Å². The van der Waals surface area contributed by atoms with Crippen molar-refractivity contribution in [2.45, 2.75) is 39.4 Å². The zero-order chi connectivity index (χ0) is 25.8. The van der Waals surface area contributed by atoms with Crippen LogP contribution in [0.2, 0.25) is 5.02 Å². The van der Waals surface area contributed by atoms with Crippen LogP contribution in [0.25, 0.3) is 0 Å². The van der Waals surface area contributed by atoms with E-state index >= 15 is 0 Å². The quantitative estimate of drug-likeness (QED) is 0.323. The van der Waals surface area contributed by atoms with Crippen molar-refractivity contribution in [2.24, 2.45) is 0 Å². The largest absolute Gasteiger partial charge is 0.493 e. The van der Waals surface area contributed by atoms with Crippen LogP contribution in [0.1, 0.15) is 32.3 Å². The number of amides is 2. The molecule has 1 aliphatic rings. The minimum atomic E-state index is -0.304. The van der Waals surface area contributed by atoms with Crippen LogP contribution in [-0.2, 0) is 6.54 Å². The topological polar surface area (TPSA) is 45.3 Å². The number of carbonyl (C=O) groups is 1. The van der Waals surface area contributed by atoms with Crippen molar-refractivity contribution in [1.82, 2.24) is 0 Å². The van der Waals surface area contributed by atoms with Gasteiger partial charge in [-0.1, -0.05) is 49.2 Å². The average Bonchev–Trinajstić information content (AvgIpc) is 3.15. The molecule has 0 aromatic heterocycles. The van der Waals surface area contributed by atoms with E-state index in [2.05, 4.69) is 11.8 Å². The third-order valence-electron chi connectivity index (χ3n) is 6.45. The molecular formula is C28H31ClFN3O3. The molecule has 3 aromatic carbocycles. The molecule has 6 nitrogen and oxygen atoms in total. The number of anilines is 3. The van der Waals surface area contributed by atoms with Gasteiger partial charge in [0.2, 0.25) is 0 Å². The van der Waals surface area contributed by atoms with Gasteiger partial charge in [-0.15, -0.1) is 0 Å². The molecule has 190 valence electrons. The molecule has 0 bridgehead atoms. The highest BCUT2D eigenvalue weighted by Crippen LogP contribution is 2.44. The Labute approximate surface area is 216 Å². The molecule has 4 rings (SSSR count). The fourth-order valence-electron chi connectivity index (χ4n) is 4.62. The smallest absolute Gasteiger partial charge is 0.330 e. The van der Waals surface area contributed by atoms with Gasteiger partial charge in [-0.25, -0.2) is 9.18 Å². The van der Waals surface area contributed by atoms with Gasteiger partial charge in [0.15, 0.2) is 11.5 Å². The second kappa shape index (κ2) is 11.1. The predicted molar refractivity (Wildman–Crippen MR) is 143 cm³/mol. The first-order valence-corrected chi connectivity index (χ1v) is 12.4. The molecule has 1 atom stereocenters. The third kappa shape index (κ3) is 4.80. The minimum absolute atomic E-state index is 0.195. The lowest BCUT2D eigenvalue weighted by atomic mass is 10.2. The van der Waals surface area contributed by atoms with Crippen LogP contribution in [0, 0.1) is 5.82 Å². The van der Waals surface area contributed by atoms with Gasteiger partial charge in [0.1, 0.15) is 17.0 Å². The Morgan fingerprint density at radius 2 is 1.81 bits per heavy atom. The number of unbranched alkanes of at least 4 members (excludes halogenated alkanes) is 1. The van der Waals surface area contributed by atoms with Crippen molar-refractivity contribution in [3.63, 3.8) is 0 Å². The molecule has 0 fully saturated rings. The fourth-order valence-corrected chi connectivity index (χ4v) is 4.95. The second-order valence-corrected chi connectivity index (χ2v) is 9.05. The van der Waals surface area contributed by atoms with E-state index in [1.807, 2.05) is 37.3 Å². The van der Waals surface area contributed by atoms with Gasteiger partial charge in [0.05, 0.1) is 31.3 Å². The Balaban J connectivity index is 1.73. The summed E-state index contributed by atoms with van der Waals surface area (Å²) < 4.78 is 24.8. The molecule has 0 radical (unpaired) electrons. The first kappa shape index (κ1) is 25.6.